The highest BCUT2D eigenvalue weighted by Gasteiger charge is 2.29. The van der Waals surface area contributed by atoms with Crippen molar-refractivity contribution in [3.05, 3.63) is 35.4 Å². The first kappa shape index (κ1) is 12.6. The van der Waals surface area contributed by atoms with Crippen LogP contribution in [0.1, 0.15) is 37.9 Å². The summed E-state index contributed by atoms with van der Waals surface area (Å²) >= 11 is 0. The fourth-order valence-corrected chi connectivity index (χ4v) is 1.89. The van der Waals surface area contributed by atoms with Crippen molar-refractivity contribution < 1.29 is 4.79 Å². The lowest BCUT2D eigenvalue weighted by molar-refractivity contribution is -0.120. The van der Waals surface area contributed by atoms with Gasteiger partial charge >= 0.3 is 0 Å². The molecule has 1 amide bonds. The van der Waals surface area contributed by atoms with E-state index in [-0.39, 0.29) is 11.4 Å². The van der Waals surface area contributed by atoms with Crippen LogP contribution in [0.3, 0.4) is 0 Å². The van der Waals surface area contributed by atoms with E-state index in [1.165, 1.54) is 0 Å². The third-order valence-corrected chi connectivity index (χ3v) is 2.60. The number of hydrogen-bond acceptors (Lipinski definition) is 3. The molecule has 1 aromatic rings. The van der Waals surface area contributed by atoms with Crippen LogP contribution in [0.4, 0.5) is 0 Å². The lowest BCUT2D eigenvalue weighted by atomic mass is 10.1. The van der Waals surface area contributed by atoms with Gasteiger partial charge in [-0.3, -0.25) is 10.1 Å². The van der Waals surface area contributed by atoms with Gasteiger partial charge in [0.15, 0.2) is 12.0 Å². The Balaban J connectivity index is 2.22. The molecular formula is C14H19N3O. The summed E-state index contributed by atoms with van der Waals surface area (Å²) in [7, 11) is 0. The first-order valence-corrected chi connectivity index (χ1v) is 6.08. The van der Waals surface area contributed by atoms with Crippen LogP contribution in [0.5, 0.6) is 0 Å². The highest BCUT2D eigenvalue weighted by Crippen LogP contribution is 2.22. The zero-order valence-electron chi connectivity index (χ0n) is 11.2. The van der Waals surface area contributed by atoms with E-state index in [2.05, 4.69) is 15.6 Å². The number of guanidine groups is 1. The van der Waals surface area contributed by atoms with E-state index < -0.39 is 6.04 Å². The Morgan fingerprint density at radius 2 is 2.06 bits per heavy atom. The highest BCUT2D eigenvalue weighted by molar-refractivity contribution is 6.05. The third kappa shape index (κ3) is 2.88. The van der Waals surface area contributed by atoms with Crippen molar-refractivity contribution in [1.82, 2.24) is 10.6 Å². The second-order valence-corrected chi connectivity index (χ2v) is 5.66. The van der Waals surface area contributed by atoms with Gasteiger partial charge in [-0.25, -0.2) is 4.99 Å². The molecule has 2 rings (SSSR count). The Morgan fingerprint density at radius 1 is 1.33 bits per heavy atom. The summed E-state index contributed by atoms with van der Waals surface area (Å²) in [5, 5.41) is 5.96. The molecule has 0 saturated carbocycles. The molecule has 2 N–H and O–H groups in total. The number of rotatable bonds is 1. The summed E-state index contributed by atoms with van der Waals surface area (Å²) in [5.41, 5.74) is 1.94. The van der Waals surface area contributed by atoms with Crippen molar-refractivity contribution in [2.75, 3.05) is 0 Å². The number of hydrogen-bond donors (Lipinski definition) is 2. The summed E-state index contributed by atoms with van der Waals surface area (Å²) in [6, 6.07) is 7.45. The maximum absolute atomic E-state index is 11.9. The van der Waals surface area contributed by atoms with E-state index in [0.29, 0.717) is 5.96 Å². The average Bonchev–Trinajstić information content (AvgIpc) is 2.56. The van der Waals surface area contributed by atoms with E-state index in [4.69, 9.17) is 0 Å². The number of carbonyl (C=O) groups is 1. The van der Waals surface area contributed by atoms with Gasteiger partial charge in [0.05, 0.1) is 0 Å². The molecule has 1 unspecified atom stereocenters. The summed E-state index contributed by atoms with van der Waals surface area (Å²) in [6.07, 6.45) is 0. The lowest BCUT2D eigenvalue weighted by Crippen LogP contribution is -2.46. The number of carbonyl (C=O) groups excluding carboxylic acids is 1. The van der Waals surface area contributed by atoms with Crippen molar-refractivity contribution in [3.63, 3.8) is 0 Å². The third-order valence-electron chi connectivity index (χ3n) is 2.60. The molecule has 1 aliphatic heterocycles. The predicted octanol–water partition coefficient (Wildman–Crippen LogP) is 1.91. The zero-order chi connectivity index (χ0) is 13.3. The van der Waals surface area contributed by atoms with Gasteiger partial charge in [0.1, 0.15) is 0 Å². The first-order valence-electron chi connectivity index (χ1n) is 6.08. The minimum atomic E-state index is -0.435. The van der Waals surface area contributed by atoms with Gasteiger partial charge in [0, 0.05) is 5.54 Å². The molecule has 4 heteroatoms. The van der Waals surface area contributed by atoms with E-state index in [9.17, 15) is 4.79 Å². The van der Waals surface area contributed by atoms with Crippen LogP contribution in [0, 0.1) is 6.92 Å². The fourth-order valence-electron chi connectivity index (χ4n) is 1.89. The van der Waals surface area contributed by atoms with Crippen LogP contribution >= 0.6 is 0 Å². The van der Waals surface area contributed by atoms with Crippen molar-refractivity contribution in [1.29, 1.82) is 0 Å². The average molecular weight is 245 g/mol. The second-order valence-electron chi connectivity index (χ2n) is 5.66. The Hall–Kier alpha value is -1.84. The quantitative estimate of drug-likeness (QED) is 0.794. The minimum absolute atomic E-state index is 0.0765. The maximum Gasteiger partial charge on any atom is 0.256 e. The zero-order valence-corrected chi connectivity index (χ0v) is 11.2. The van der Waals surface area contributed by atoms with Gasteiger partial charge < -0.3 is 5.32 Å². The summed E-state index contributed by atoms with van der Waals surface area (Å²) in [5.74, 6) is 0.478. The number of nitrogens with one attached hydrogen (secondary N) is 2. The van der Waals surface area contributed by atoms with Crippen LogP contribution in [0.2, 0.25) is 0 Å². The molecule has 18 heavy (non-hydrogen) atoms. The van der Waals surface area contributed by atoms with Crippen LogP contribution in [0.25, 0.3) is 0 Å². The van der Waals surface area contributed by atoms with Gasteiger partial charge in [-0.15, -0.1) is 0 Å². The number of aryl methyl sites for hydroxylation is 1. The predicted molar refractivity (Wildman–Crippen MR) is 72.4 cm³/mol. The molecule has 0 bridgehead atoms. The molecule has 0 fully saturated rings. The van der Waals surface area contributed by atoms with Crippen molar-refractivity contribution in [3.8, 4) is 0 Å². The second kappa shape index (κ2) is 4.44. The van der Waals surface area contributed by atoms with Crippen molar-refractivity contribution in [2.45, 2.75) is 39.3 Å². The minimum Gasteiger partial charge on any atom is -0.351 e. The molecule has 1 heterocycles. The van der Waals surface area contributed by atoms with Gasteiger partial charge in [-0.1, -0.05) is 29.8 Å². The Morgan fingerprint density at radius 3 is 2.67 bits per heavy atom. The molecule has 4 nitrogen and oxygen atoms in total. The van der Waals surface area contributed by atoms with Gasteiger partial charge in [0.25, 0.3) is 5.91 Å². The smallest absolute Gasteiger partial charge is 0.256 e. The summed E-state index contributed by atoms with van der Waals surface area (Å²) in [6.45, 7) is 8.10. The SMILES string of the molecule is Cc1cccc(C2N=C(NC(C)(C)C)NC2=O)c1. The fraction of sp³-hybridized carbons (Fsp3) is 0.429. The largest absolute Gasteiger partial charge is 0.351 e. The monoisotopic (exact) mass is 245 g/mol. The molecule has 0 spiro atoms. The molecule has 96 valence electrons. The van der Waals surface area contributed by atoms with Crippen molar-refractivity contribution in [2.24, 2.45) is 4.99 Å². The van der Waals surface area contributed by atoms with Crippen molar-refractivity contribution >= 4 is 11.9 Å². The van der Waals surface area contributed by atoms with Crippen LogP contribution in [0.15, 0.2) is 29.3 Å². The Labute approximate surface area is 108 Å². The number of nitrogens with zero attached hydrogens (tertiary/aromatic N) is 1. The molecule has 0 radical (unpaired) electrons. The normalized spacial score (nSPS) is 19.4. The molecular weight excluding hydrogens is 226 g/mol. The van der Waals surface area contributed by atoms with Gasteiger partial charge in [-0.2, -0.15) is 0 Å². The summed E-state index contributed by atoms with van der Waals surface area (Å²) < 4.78 is 0. The van der Waals surface area contributed by atoms with E-state index in [1.807, 2.05) is 52.0 Å². The van der Waals surface area contributed by atoms with E-state index >= 15 is 0 Å². The number of benzene rings is 1. The first-order chi connectivity index (χ1) is 8.35. The van der Waals surface area contributed by atoms with Crippen LogP contribution in [-0.4, -0.2) is 17.4 Å². The van der Waals surface area contributed by atoms with Gasteiger partial charge in [0.2, 0.25) is 0 Å². The Kier molecular flexibility index (Phi) is 3.11. The number of aliphatic imine (C=N–C) groups is 1. The maximum atomic E-state index is 11.9. The van der Waals surface area contributed by atoms with Crippen LogP contribution < -0.4 is 10.6 Å². The topological polar surface area (TPSA) is 53.5 Å². The molecule has 0 saturated heterocycles. The van der Waals surface area contributed by atoms with E-state index in [0.717, 1.165) is 11.1 Å². The molecule has 1 aromatic carbocycles. The highest BCUT2D eigenvalue weighted by atomic mass is 16.2. The molecule has 1 atom stereocenters. The summed E-state index contributed by atoms with van der Waals surface area (Å²) in [4.78, 5) is 16.3. The van der Waals surface area contributed by atoms with E-state index in [1.54, 1.807) is 0 Å². The van der Waals surface area contributed by atoms with Gasteiger partial charge in [-0.05, 0) is 33.3 Å². The van der Waals surface area contributed by atoms with Crippen LogP contribution in [-0.2, 0) is 4.79 Å². The Bertz CT molecular complexity index is 500. The molecule has 0 aromatic heterocycles. The number of amides is 1. The molecule has 1 aliphatic rings. The molecule has 0 aliphatic carbocycles. The standard InChI is InChI=1S/C14H19N3O/c1-9-6-5-7-10(8-9)11-12(18)16-13(15-11)17-14(2,3)4/h5-8,11H,1-4H3,(H2,15,16,17,18). The lowest BCUT2D eigenvalue weighted by Gasteiger charge is -2.21.